The van der Waals surface area contributed by atoms with Crippen molar-refractivity contribution in [1.29, 1.82) is 0 Å². The molecular weight excluding hydrogens is 314 g/mol. The maximum atomic E-state index is 12.7. The Morgan fingerprint density at radius 1 is 1.00 bits per heavy atom. The molecular formula is C21H27NO3. The number of aryl methyl sites for hydroxylation is 2. The van der Waals surface area contributed by atoms with Crippen molar-refractivity contribution < 1.29 is 14.6 Å². The van der Waals surface area contributed by atoms with Crippen molar-refractivity contribution in [2.24, 2.45) is 0 Å². The van der Waals surface area contributed by atoms with E-state index in [1.807, 2.05) is 69.3 Å². The van der Waals surface area contributed by atoms with E-state index in [4.69, 9.17) is 4.74 Å². The molecule has 1 N–H and O–H groups in total. The van der Waals surface area contributed by atoms with E-state index in [2.05, 4.69) is 0 Å². The molecule has 4 nitrogen and oxygen atoms in total. The maximum absolute atomic E-state index is 12.7. The smallest absolute Gasteiger partial charge is 0.263 e. The third kappa shape index (κ3) is 4.40. The van der Waals surface area contributed by atoms with E-state index in [0.29, 0.717) is 0 Å². The van der Waals surface area contributed by atoms with Gasteiger partial charge < -0.3 is 14.7 Å². The first-order valence-corrected chi connectivity index (χ1v) is 8.55. The summed E-state index contributed by atoms with van der Waals surface area (Å²) in [4.78, 5) is 14.3. The number of likely N-dealkylation sites (N-methyl/N-ethyl adjacent to an activating group) is 1. The zero-order valence-corrected chi connectivity index (χ0v) is 15.6. The minimum atomic E-state index is -0.748. The van der Waals surface area contributed by atoms with Gasteiger partial charge in [-0.1, -0.05) is 48.5 Å². The summed E-state index contributed by atoms with van der Waals surface area (Å²) in [6.45, 7) is 7.50. The lowest BCUT2D eigenvalue weighted by Crippen LogP contribution is -2.45. The first-order chi connectivity index (χ1) is 11.8. The molecule has 1 amide bonds. The van der Waals surface area contributed by atoms with Crippen LogP contribution in [0.2, 0.25) is 0 Å². The zero-order valence-electron chi connectivity index (χ0n) is 15.6. The topological polar surface area (TPSA) is 49.8 Å². The Balaban J connectivity index is 2.08. The van der Waals surface area contributed by atoms with Crippen LogP contribution in [-0.2, 0) is 4.79 Å². The Labute approximate surface area is 150 Å². The Morgan fingerprint density at radius 3 is 2.12 bits per heavy atom. The molecule has 0 bridgehead atoms. The van der Waals surface area contributed by atoms with Crippen LogP contribution in [-0.4, -0.2) is 35.1 Å². The Hall–Kier alpha value is -2.33. The molecule has 0 fully saturated rings. The molecule has 2 aromatic rings. The highest BCUT2D eigenvalue weighted by Gasteiger charge is 2.28. The molecule has 4 heteroatoms. The largest absolute Gasteiger partial charge is 0.480 e. The fourth-order valence-electron chi connectivity index (χ4n) is 2.84. The average Bonchev–Trinajstić information content (AvgIpc) is 2.62. The predicted octanol–water partition coefficient (Wildman–Crippen LogP) is 3.65. The summed E-state index contributed by atoms with van der Waals surface area (Å²) in [7, 11) is 1.70. The lowest BCUT2D eigenvalue weighted by atomic mass is 10.0. The molecule has 0 saturated heterocycles. The van der Waals surface area contributed by atoms with E-state index in [1.54, 1.807) is 18.9 Å². The highest BCUT2D eigenvalue weighted by Crippen LogP contribution is 2.25. The summed E-state index contributed by atoms with van der Waals surface area (Å²) in [6.07, 6.45) is -1.38. The minimum absolute atomic E-state index is 0.162. The van der Waals surface area contributed by atoms with Gasteiger partial charge in [0.25, 0.3) is 5.91 Å². The lowest BCUT2D eigenvalue weighted by molar-refractivity contribution is -0.140. The molecule has 134 valence electrons. The van der Waals surface area contributed by atoms with Crippen molar-refractivity contribution in [3.05, 3.63) is 65.2 Å². The Kier molecular flexibility index (Phi) is 6.21. The van der Waals surface area contributed by atoms with Crippen molar-refractivity contribution in [2.45, 2.75) is 45.9 Å². The van der Waals surface area contributed by atoms with Crippen LogP contribution in [0.15, 0.2) is 48.5 Å². The highest BCUT2D eigenvalue weighted by molar-refractivity contribution is 5.81. The van der Waals surface area contributed by atoms with Gasteiger partial charge in [-0.15, -0.1) is 0 Å². The van der Waals surface area contributed by atoms with Crippen molar-refractivity contribution in [1.82, 2.24) is 4.90 Å². The molecule has 0 heterocycles. The molecule has 0 aliphatic carbocycles. The number of nitrogens with zero attached hydrogens (tertiary/aromatic N) is 1. The number of carbonyl (C=O) groups is 1. The summed E-state index contributed by atoms with van der Waals surface area (Å²) >= 11 is 0. The van der Waals surface area contributed by atoms with E-state index < -0.39 is 12.2 Å². The molecule has 0 aliphatic rings. The summed E-state index contributed by atoms with van der Waals surface area (Å²) in [5.41, 5.74) is 2.79. The molecule has 0 spiro atoms. The van der Waals surface area contributed by atoms with E-state index in [1.165, 1.54) is 0 Å². The van der Waals surface area contributed by atoms with Crippen molar-refractivity contribution in [3.8, 4) is 5.75 Å². The molecule has 0 radical (unpaired) electrons. The van der Waals surface area contributed by atoms with Crippen molar-refractivity contribution in [3.63, 3.8) is 0 Å². The Bertz CT molecular complexity index is 694. The van der Waals surface area contributed by atoms with Gasteiger partial charge in [0.15, 0.2) is 6.10 Å². The molecule has 0 aliphatic heterocycles. The van der Waals surface area contributed by atoms with Crippen LogP contribution in [0.5, 0.6) is 5.75 Å². The second-order valence-electron chi connectivity index (χ2n) is 6.53. The first kappa shape index (κ1) is 19.0. The number of para-hydroxylation sites is 1. The van der Waals surface area contributed by atoms with Crippen LogP contribution in [0, 0.1) is 13.8 Å². The van der Waals surface area contributed by atoms with Crippen LogP contribution in [0.4, 0.5) is 0 Å². The van der Waals surface area contributed by atoms with Gasteiger partial charge in [0, 0.05) is 7.05 Å². The van der Waals surface area contributed by atoms with Gasteiger partial charge in [0.2, 0.25) is 0 Å². The van der Waals surface area contributed by atoms with E-state index in [-0.39, 0.29) is 11.9 Å². The number of carbonyl (C=O) groups excluding carboxylic acids is 1. The van der Waals surface area contributed by atoms with Gasteiger partial charge in [0.1, 0.15) is 5.75 Å². The minimum Gasteiger partial charge on any atom is -0.480 e. The molecule has 2 rings (SSSR count). The number of aliphatic hydroxyl groups is 1. The van der Waals surface area contributed by atoms with Crippen LogP contribution >= 0.6 is 0 Å². The highest BCUT2D eigenvalue weighted by atomic mass is 16.5. The molecule has 2 aromatic carbocycles. The number of aliphatic hydroxyl groups excluding tert-OH is 1. The predicted molar refractivity (Wildman–Crippen MR) is 99.6 cm³/mol. The summed E-state index contributed by atoms with van der Waals surface area (Å²) < 4.78 is 5.92. The quantitative estimate of drug-likeness (QED) is 0.872. The fraction of sp³-hybridized carbons (Fsp3) is 0.381. The first-order valence-electron chi connectivity index (χ1n) is 8.55. The number of rotatable bonds is 6. The van der Waals surface area contributed by atoms with Gasteiger partial charge in [-0.3, -0.25) is 4.79 Å². The van der Waals surface area contributed by atoms with Crippen molar-refractivity contribution >= 4 is 5.91 Å². The fourth-order valence-corrected chi connectivity index (χ4v) is 2.84. The number of ether oxygens (including phenoxy) is 1. The van der Waals surface area contributed by atoms with Gasteiger partial charge in [-0.25, -0.2) is 0 Å². The summed E-state index contributed by atoms with van der Waals surface area (Å²) in [6, 6.07) is 14.9. The second-order valence-corrected chi connectivity index (χ2v) is 6.53. The van der Waals surface area contributed by atoms with Crippen LogP contribution < -0.4 is 4.74 Å². The molecule has 0 aromatic heterocycles. The summed E-state index contributed by atoms with van der Waals surface area (Å²) in [5.74, 6) is 0.582. The normalized spacial score (nSPS) is 14.5. The van der Waals surface area contributed by atoms with E-state index in [0.717, 1.165) is 22.4 Å². The van der Waals surface area contributed by atoms with Gasteiger partial charge in [0.05, 0.1) is 12.1 Å². The third-order valence-corrected chi connectivity index (χ3v) is 4.61. The van der Waals surface area contributed by atoms with Gasteiger partial charge >= 0.3 is 0 Å². The van der Waals surface area contributed by atoms with E-state index in [9.17, 15) is 9.90 Å². The summed E-state index contributed by atoms with van der Waals surface area (Å²) in [5, 5.41) is 10.5. The SMILES string of the molecule is Cc1cccc(C)c1OC(C)C(=O)N(C)C(C)C(O)c1ccccc1. The van der Waals surface area contributed by atoms with Crippen LogP contribution in [0.3, 0.4) is 0 Å². The number of hydrogen-bond acceptors (Lipinski definition) is 3. The van der Waals surface area contributed by atoms with E-state index >= 15 is 0 Å². The lowest BCUT2D eigenvalue weighted by Gasteiger charge is -2.31. The van der Waals surface area contributed by atoms with Crippen molar-refractivity contribution in [2.75, 3.05) is 7.05 Å². The molecule has 0 saturated carbocycles. The molecule has 25 heavy (non-hydrogen) atoms. The number of benzene rings is 2. The van der Waals surface area contributed by atoms with Crippen LogP contribution in [0.1, 0.15) is 36.6 Å². The molecule has 3 unspecified atom stereocenters. The van der Waals surface area contributed by atoms with Crippen LogP contribution in [0.25, 0.3) is 0 Å². The standard InChI is InChI=1S/C21H27NO3/c1-14-10-9-11-15(2)20(14)25-17(4)21(24)22(5)16(3)19(23)18-12-7-6-8-13-18/h6-13,16-17,19,23H,1-5H3. The average molecular weight is 341 g/mol. The maximum Gasteiger partial charge on any atom is 0.263 e. The molecule has 3 atom stereocenters. The van der Waals surface area contributed by atoms with Gasteiger partial charge in [-0.05, 0) is 44.4 Å². The zero-order chi connectivity index (χ0) is 18.6. The second kappa shape index (κ2) is 8.17. The Morgan fingerprint density at radius 2 is 1.56 bits per heavy atom. The van der Waals surface area contributed by atoms with Gasteiger partial charge in [-0.2, -0.15) is 0 Å². The number of hydrogen-bond donors (Lipinski definition) is 1. The third-order valence-electron chi connectivity index (χ3n) is 4.61. The number of amides is 1. The monoisotopic (exact) mass is 341 g/mol.